The third-order valence-corrected chi connectivity index (χ3v) is 4.22. The Morgan fingerprint density at radius 2 is 1.41 bits per heavy atom. The summed E-state index contributed by atoms with van der Waals surface area (Å²) in [5.74, 6) is -0.00293. The van der Waals surface area contributed by atoms with Crippen LogP contribution >= 0.6 is 0 Å². The molecule has 5 nitrogen and oxygen atoms in total. The molecule has 0 amide bonds. The highest BCUT2D eigenvalue weighted by molar-refractivity contribution is 6.13. The molecule has 0 heterocycles. The number of aliphatic hydroxyl groups is 2. The molecule has 0 fully saturated rings. The van der Waals surface area contributed by atoms with Crippen LogP contribution in [0.15, 0.2) is 48.5 Å². The summed E-state index contributed by atoms with van der Waals surface area (Å²) >= 11 is 0. The number of carbonyl (C=O) groups is 2. The molecule has 0 aliphatic carbocycles. The number of benzene rings is 2. The van der Waals surface area contributed by atoms with Crippen molar-refractivity contribution in [2.24, 2.45) is 0 Å². The summed E-state index contributed by atoms with van der Waals surface area (Å²) in [5, 5.41) is 18.0. The zero-order valence-electron chi connectivity index (χ0n) is 15.9. The molecule has 1 atom stereocenters. The SMILES string of the molecule is CC(C)(C)c1ccc(C(=O)CC(=O)c2ccc(OCC(O)CO)cc2)cc1. The third-order valence-electron chi connectivity index (χ3n) is 4.22. The maximum Gasteiger partial charge on any atom is 0.170 e. The maximum atomic E-state index is 12.4. The molecule has 0 aliphatic rings. The van der Waals surface area contributed by atoms with E-state index in [4.69, 9.17) is 9.84 Å². The number of hydrogen-bond donors (Lipinski definition) is 2. The average molecular weight is 370 g/mol. The molecule has 0 radical (unpaired) electrons. The molecular weight excluding hydrogens is 344 g/mol. The van der Waals surface area contributed by atoms with Gasteiger partial charge in [-0.2, -0.15) is 0 Å². The molecule has 0 aliphatic heterocycles. The van der Waals surface area contributed by atoms with Crippen LogP contribution in [0.2, 0.25) is 0 Å². The molecule has 2 rings (SSSR count). The van der Waals surface area contributed by atoms with Gasteiger partial charge in [-0.1, -0.05) is 45.0 Å². The summed E-state index contributed by atoms with van der Waals surface area (Å²) in [5.41, 5.74) is 2.08. The minimum absolute atomic E-state index is 0.00837. The Bertz CT molecular complexity index is 770. The van der Waals surface area contributed by atoms with Crippen LogP contribution in [0, 0.1) is 0 Å². The quantitative estimate of drug-likeness (QED) is 0.551. The van der Waals surface area contributed by atoms with E-state index in [0.717, 1.165) is 5.56 Å². The number of Topliss-reactive ketones (excluding diaryl/α,β-unsaturated/α-hetero) is 2. The number of ketones is 2. The van der Waals surface area contributed by atoms with Crippen LogP contribution in [-0.2, 0) is 5.41 Å². The highest BCUT2D eigenvalue weighted by atomic mass is 16.5. The zero-order valence-corrected chi connectivity index (χ0v) is 15.9. The molecule has 0 saturated carbocycles. The van der Waals surface area contributed by atoms with Crippen LogP contribution in [0.1, 0.15) is 53.5 Å². The van der Waals surface area contributed by atoms with Gasteiger partial charge in [0.1, 0.15) is 18.5 Å². The Kier molecular flexibility index (Phi) is 6.88. The average Bonchev–Trinajstić information content (AvgIpc) is 2.65. The van der Waals surface area contributed by atoms with Gasteiger partial charge in [0.25, 0.3) is 0 Å². The first kappa shape index (κ1) is 20.8. The molecule has 144 valence electrons. The Morgan fingerprint density at radius 1 is 0.926 bits per heavy atom. The fraction of sp³-hybridized carbons (Fsp3) is 0.364. The molecule has 2 aromatic rings. The molecule has 1 unspecified atom stereocenters. The number of ether oxygens (including phenoxy) is 1. The predicted octanol–water partition coefficient (Wildman–Crippen LogP) is 3.17. The van der Waals surface area contributed by atoms with Gasteiger partial charge in [0, 0.05) is 11.1 Å². The van der Waals surface area contributed by atoms with E-state index in [1.807, 2.05) is 12.1 Å². The van der Waals surface area contributed by atoms with Crippen molar-refractivity contribution in [3.8, 4) is 5.75 Å². The standard InChI is InChI=1S/C22H26O5/c1-22(2,3)17-8-4-15(5-9-17)20(25)12-21(26)16-6-10-19(11-7-16)27-14-18(24)13-23/h4-11,18,23-24H,12-14H2,1-3H3. The van der Waals surface area contributed by atoms with Gasteiger partial charge in [-0.25, -0.2) is 0 Å². The number of carbonyl (C=O) groups excluding carboxylic acids is 2. The van der Waals surface area contributed by atoms with Gasteiger partial charge in [0.2, 0.25) is 0 Å². The fourth-order valence-corrected chi connectivity index (χ4v) is 2.49. The molecule has 5 heteroatoms. The van der Waals surface area contributed by atoms with Crippen molar-refractivity contribution in [3.05, 3.63) is 65.2 Å². The Morgan fingerprint density at radius 3 is 1.85 bits per heavy atom. The summed E-state index contributed by atoms with van der Waals surface area (Å²) < 4.78 is 5.29. The van der Waals surface area contributed by atoms with Crippen molar-refractivity contribution in [1.82, 2.24) is 0 Å². The molecular formula is C22H26O5. The number of hydrogen-bond acceptors (Lipinski definition) is 5. The van der Waals surface area contributed by atoms with Gasteiger partial charge < -0.3 is 14.9 Å². The van der Waals surface area contributed by atoms with Crippen molar-refractivity contribution in [1.29, 1.82) is 0 Å². The van der Waals surface area contributed by atoms with Crippen molar-refractivity contribution in [3.63, 3.8) is 0 Å². The lowest BCUT2D eigenvalue weighted by atomic mass is 9.86. The van der Waals surface area contributed by atoms with Gasteiger partial charge in [0.05, 0.1) is 13.0 Å². The van der Waals surface area contributed by atoms with E-state index < -0.39 is 6.10 Å². The van der Waals surface area contributed by atoms with Crippen LogP contribution in [-0.4, -0.2) is 41.1 Å². The molecule has 0 spiro atoms. The Labute approximate surface area is 159 Å². The summed E-state index contributed by atoms with van der Waals surface area (Å²) in [6.07, 6.45) is -1.15. The van der Waals surface area contributed by atoms with E-state index in [0.29, 0.717) is 16.9 Å². The first-order chi connectivity index (χ1) is 12.7. The molecule has 0 aromatic heterocycles. The second-order valence-corrected chi connectivity index (χ2v) is 7.52. The van der Waals surface area contributed by atoms with E-state index in [2.05, 4.69) is 20.8 Å². The first-order valence-electron chi connectivity index (χ1n) is 8.89. The highest BCUT2D eigenvalue weighted by Gasteiger charge is 2.17. The van der Waals surface area contributed by atoms with Crippen molar-refractivity contribution in [2.45, 2.75) is 38.7 Å². The van der Waals surface area contributed by atoms with Gasteiger partial charge >= 0.3 is 0 Å². The van der Waals surface area contributed by atoms with E-state index in [-0.39, 0.29) is 36.6 Å². The minimum Gasteiger partial charge on any atom is -0.491 e. The topological polar surface area (TPSA) is 83.8 Å². The van der Waals surface area contributed by atoms with E-state index >= 15 is 0 Å². The monoisotopic (exact) mass is 370 g/mol. The Hall–Kier alpha value is -2.50. The number of rotatable bonds is 8. The smallest absolute Gasteiger partial charge is 0.170 e. The van der Waals surface area contributed by atoms with E-state index in [1.165, 1.54) is 0 Å². The van der Waals surface area contributed by atoms with Crippen molar-refractivity contribution < 1.29 is 24.5 Å². The Balaban J connectivity index is 1.97. The number of aliphatic hydroxyl groups excluding tert-OH is 2. The second-order valence-electron chi connectivity index (χ2n) is 7.52. The van der Waals surface area contributed by atoms with Crippen LogP contribution in [0.5, 0.6) is 5.75 Å². The fourth-order valence-electron chi connectivity index (χ4n) is 2.49. The lowest BCUT2D eigenvalue weighted by Gasteiger charge is -2.18. The van der Waals surface area contributed by atoms with Crippen LogP contribution in [0.4, 0.5) is 0 Å². The minimum atomic E-state index is -0.950. The molecule has 2 aromatic carbocycles. The molecule has 27 heavy (non-hydrogen) atoms. The lowest BCUT2D eigenvalue weighted by molar-refractivity contribution is 0.0536. The zero-order chi connectivity index (χ0) is 20.0. The second kappa shape index (κ2) is 8.93. The summed E-state index contributed by atoms with van der Waals surface area (Å²) in [6, 6.07) is 13.7. The third kappa shape index (κ3) is 6.01. The van der Waals surface area contributed by atoms with Crippen LogP contribution in [0.25, 0.3) is 0 Å². The van der Waals surface area contributed by atoms with Crippen LogP contribution in [0.3, 0.4) is 0 Å². The van der Waals surface area contributed by atoms with Gasteiger partial charge in [-0.15, -0.1) is 0 Å². The van der Waals surface area contributed by atoms with Gasteiger partial charge in [-0.3, -0.25) is 9.59 Å². The highest BCUT2D eigenvalue weighted by Crippen LogP contribution is 2.23. The van der Waals surface area contributed by atoms with Crippen LogP contribution < -0.4 is 4.74 Å². The van der Waals surface area contributed by atoms with Crippen molar-refractivity contribution >= 4 is 11.6 Å². The van der Waals surface area contributed by atoms with E-state index in [1.54, 1.807) is 36.4 Å². The summed E-state index contributed by atoms with van der Waals surface area (Å²) in [4.78, 5) is 24.7. The van der Waals surface area contributed by atoms with Gasteiger partial charge in [0.15, 0.2) is 11.6 Å². The van der Waals surface area contributed by atoms with Gasteiger partial charge in [-0.05, 0) is 35.2 Å². The molecule has 2 N–H and O–H groups in total. The normalized spacial score (nSPS) is 12.5. The van der Waals surface area contributed by atoms with Crippen molar-refractivity contribution in [2.75, 3.05) is 13.2 Å². The molecule has 0 bridgehead atoms. The largest absolute Gasteiger partial charge is 0.491 e. The molecule has 0 saturated heterocycles. The van der Waals surface area contributed by atoms with E-state index in [9.17, 15) is 14.7 Å². The summed E-state index contributed by atoms with van der Waals surface area (Å²) in [7, 11) is 0. The lowest BCUT2D eigenvalue weighted by Crippen LogP contribution is -2.21. The maximum absolute atomic E-state index is 12.4. The summed E-state index contributed by atoms with van der Waals surface area (Å²) in [6.45, 7) is 5.89. The first-order valence-corrected chi connectivity index (χ1v) is 8.89. The predicted molar refractivity (Wildman–Crippen MR) is 103 cm³/mol.